The average Bonchev–Trinajstić information content (AvgIpc) is 3.30. The van der Waals surface area contributed by atoms with E-state index in [-0.39, 0.29) is 18.7 Å². The highest BCUT2D eigenvalue weighted by atomic mass is 16.5. The van der Waals surface area contributed by atoms with Crippen molar-refractivity contribution in [2.75, 3.05) is 24.4 Å². The zero-order valence-corrected chi connectivity index (χ0v) is 24.4. The number of hydrogen-bond acceptors (Lipinski definition) is 7. The largest absolute Gasteiger partial charge is 0.493 e. The lowest BCUT2D eigenvalue weighted by Crippen LogP contribution is -2.50. The summed E-state index contributed by atoms with van der Waals surface area (Å²) in [4.78, 5) is 42.2. The van der Waals surface area contributed by atoms with Crippen molar-refractivity contribution in [2.45, 2.75) is 66.0 Å². The van der Waals surface area contributed by atoms with E-state index >= 15 is 0 Å². The van der Waals surface area contributed by atoms with Crippen LogP contribution in [0.2, 0.25) is 0 Å². The minimum Gasteiger partial charge on any atom is -0.493 e. The number of aryl methyl sites for hydroxylation is 2. The van der Waals surface area contributed by atoms with E-state index in [2.05, 4.69) is 15.8 Å². The number of rotatable bonds is 10. The summed E-state index contributed by atoms with van der Waals surface area (Å²) in [5, 5.41) is 9.42. The number of para-hydroxylation sites is 1. The number of aromatic nitrogens is 1. The van der Waals surface area contributed by atoms with Crippen molar-refractivity contribution < 1.29 is 28.4 Å². The van der Waals surface area contributed by atoms with Crippen molar-refractivity contribution >= 4 is 29.2 Å². The first-order valence-electron chi connectivity index (χ1n) is 13.0. The summed E-state index contributed by atoms with van der Waals surface area (Å²) in [5.74, 6) is 0.343. The van der Waals surface area contributed by atoms with Crippen LogP contribution in [-0.4, -0.2) is 42.6 Å². The minimum absolute atomic E-state index is 0.130. The molecular formula is C30H38N4O6. The number of hydrogen-bond donors (Lipinski definition) is 2. The van der Waals surface area contributed by atoms with Crippen LogP contribution in [0.15, 0.2) is 47.0 Å². The van der Waals surface area contributed by atoms with Crippen LogP contribution < -0.4 is 25.0 Å². The third kappa shape index (κ3) is 7.19. The first-order chi connectivity index (χ1) is 18.9. The molecule has 0 bridgehead atoms. The van der Waals surface area contributed by atoms with Crippen LogP contribution in [-0.2, 0) is 14.4 Å². The third-order valence-electron chi connectivity index (χ3n) is 6.30. The van der Waals surface area contributed by atoms with E-state index in [9.17, 15) is 14.4 Å². The second-order valence-corrected chi connectivity index (χ2v) is 10.6. The zero-order valence-electron chi connectivity index (χ0n) is 24.4. The summed E-state index contributed by atoms with van der Waals surface area (Å²) in [6.07, 6.45) is -0.295. The summed E-state index contributed by atoms with van der Waals surface area (Å²) in [6.45, 7) is 11.1. The first-order valence-corrected chi connectivity index (χ1v) is 13.0. The molecule has 2 aromatic carbocycles. The molecule has 0 aliphatic rings. The molecule has 1 heterocycles. The lowest BCUT2D eigenvalue weighted by molar-refractivity contribution is -0.128. The van der Waals surface area contributed by atoms with E-state index in [1.165, 1.54) is 19.1 Å². The molecule has 0 radical (unpaired) electrons. The van der Waals surface area contributed by atoms with Gasteiger partial charge in [-0.3, -0.25) is 19.3 Å². The van der Waals surface area contributed by atoms with E-state index in [1.54, 1.807) is 37.3 Å². The Morgan fingerprint density at radius 3 is 2.30 bits per heavy atom. The lowest BCUT2D eigenvalue weighted by Gasteiger charge is -2.35. The lowest BCUT2D eigenvalue weighted by atomic mass is 9.97. The van der Waals surface area contributed by atoms with Crippen molar-refractivity contribution in [2.24, 2.45) is 0 Å². The normalized spacial score (nSPS) is 11.9. The van der Waals surface area contributed by atoms with Gasteiger partial charge in [-0.1, -0.05) is 29.4 Å². The monoisotopic (exact) mass is 550 g/mol. The van der Waals surface area contributed by atoms with Crippen LogP contribution in [0, 0.1) is 20.8 Å². The van der Waals surface area contributed by atoms with Crippen LogP contribution in [0.1, 0.15) is 62.1 Å². The first kappa shape index (κ1) is 30.2. The zero-order chi connectivity index (χ0) is 29.6. The Labute approximate surface area is 235 Å². The summed E-state index contributed by atoms with van der Waals surface area (Å²) in [6, 6.07) is 11.2. The van der Waals surface area contributed by atoms with E-state index in [4.69, 9.17) is 14.0 Å². The molecule has 214 valence electrons. The Morgan fingerprint density at radius 2 is 1.70 bits per heavy atom. The van der Waals surface area contributed by atoms with Crippen molar-refractivity contribution in [1.82, 2.24) is 10.5 Å². The molecule has 3 amide bonds. The van der Waals surface area contributed by atoms with Crippen molar-refractivity contribution in [1.29, 1.82) is 0 Å². The molecule has 10 nitrogen and oxygen atoms in total. The van der Waals surface area contributed by atoms with Gasteiger partial charge >= 0.3 is 0 Å². The molecule has 0 fully saturated rings. The van der Waals surface area contributed by atoms with Gasteiger partial charge < -0.3 is 24.6 Å². The van der Waals surface area contributed by atoms with Gasteiger partial charge in [0.05, 0.1) is 14.2 Å². The number of amides is 3. The Kier molecular flexibility index (Phi) is 9.57. The molecule has 0 saturated carbocycles. The van der Waals surface area contributed by atoms with Gasteiger partial charge in [-0.15, -0.1) is 0 Å². The predicted molar refractivity (Wildman–Crippen MR) is 153 cm³/mol. The molecule has 1 atom stereocenters. The summed E-state index contributed by atoms with van der Waals surface area (Å²) in [7, 11) is 2.99. The third-order valence-corrected chi connectivity index (χ3v) is 6.30. The van der Waals surface area contributed by atoms with Gasteiger partial charge in [0.15, 0.2) is 17.3 Å². The molecule has 1 unspecified atom stereocenters. The summed E-state index contributed by atoms with van der Waals surface area (Å²) in [5.41, 5.74) is 2.18. The predicted octanol–water partition coefficient (Wildman–Crippen LogP) is 5.02. The highest BCUT2D eigenvalue weighted by Crippen LogP contribution is 2.40. The summed E-state index contributed by atoms with van der Waals surface area (Å²) >= 11 is 0. The van der Waals surface area contributed by atoms with Crippen LogP contribution in [0.4, 0.5) is 11.5 Å². The van der Waals surface area contributed by atoms with E-state index < -0.39 is 29.3 Å². The second kappa shape index (κ2) is 12.7. The molecule has 0 aliphatic heterocycles. The number of carbonyl (C=O) groups is 3. The van der Waals surface area contributed by atoms with Crippen LogP contribution in [0.3, 0.4) is 0 Å². The van der Waals surface area contributed by atoms with E-state index in [0.717, 1.165) is 11.1 Å². The Hall–Kier alpha value is -4.34. The van der Waals surface area contributed by atoms with Crippen molar-refractivity contribution in [3.8, 4) is 11.5 Å². The minimum atomic E-state index is -1.13. The second-order valence-electron chi connectivity index (χ2n) is 10.6. The molecule has 2 N–H and O–H groups in total. The maximum absolute atomic E-state index is 14.1. The quantitative estimate of drug-likeness (QED) is 0.363. The van der Waals surface area contributed by atoms with Gasteiger partial charge in [0.25, 0.3) is 0 Å². The van der Waals surface area contributed by atoms with E-state index in [1.807, 2.05) is 46.8 Å². The van der Waals surface area contributed by atoms with Gasteiger partial charge in [0, 0.05) is 35.7 Å². The number of anilines is 2. The van der Waals surface area contributed by atoms with Gasteiger partial charge in [0.2, 0.25) is 17.7 Å². The molecule has 10 heteroatoms. The Morgan fingerprint density at radius 1 is 1.00 bits per heavy atom. The number of nitrogens with zero attached hydrogens (tertiary/aromatic N) is 2. The topological polar surface area (TPSA) is 123 Å². The van der Waals surface area contributed by atoms with Crippen LogP contribution in [0.5, 0.6) is 11.5 Å². The SMILES string of the molecule is COc1cccc(C(C(=O)NC(C)(C)C)N(C(=O)CCC(=O)Nc2cc(C)on2)c2cccc(C)c2C)c1OC. The molecule has 40 heavy (non-hydrogen) atoms. The van der Waals surface area contributed by atoms with E-state index in [0.29, 0.717) is 28.5 Å². The van der Waals surface area contributed by atoms with Crippen molar-refractivity contribution in [3.05, 3.63) is 64.9 Å². The fourth-order valence-corrected chi connectivity index (χ4v) is 4.35. The molecule has 0 spiro atoms. The Bertz CT molecular complexity index is 1370. The molecule has 0 aliphatic carbocycles. The van der Waals surface area contributed by atoms with Crippen molar-refractivity contribution in [3.63, 3.8) is 0 Å². The Balaban J connectivity index is 2.11. The van der Waals surface area contributed by atoms with Gasteiger partial charge in [-0.25, -0.2) is 0 Å². The standard InChI is InChI=1S/C30H38N4O6/c1-18-11-9-13-22(20(18)3)34(26(36)16-15-25(35)31-24-17-19(2)40-33-24)27(29(37)32-30(4,5)6)21-12-10-14-23(38-7)28(21)39-8/h9-14,17,27H,15-16H2,1-8H3,(H,32,37)(H,31,33,35). The molecule has 0 saturated heterocycles. The van der Waals surface area contributed by atoms with Gasteiger partial charge in [-0.2, -0.15) is 0 Å². The maximum atomic E-state index is 14.1. The number of benzene rings is 2. The molecular weight excluding hydrogens is 512 g/mol. The molecule has 1 aromatic heterocycles. The maximum Gasteiger partial charge on any atom is 0.248 e. The number of methoxy groups -OCH3 is 2. The summed E-state index contributed by atoms with van der Waals surface area (Å²) < 4.78 is 16.2. The van der Waals surface area contributed by atoms with Gasteiger partial charge in [-0.05, 0) is 64.8 Å². The molecule has 3 rings (SSSR count). The average molecular weight is 551 g/mol. The number of nitrogens with one attached hydrogen (secondary N) is 2. The van der Waals surface area contributed by atoms with Crippen LogP contribution in [0.25, 0.3) is 0 Å². The fourth-order valence-electron chi connectivity index (χ4n) is 4.35. The highest BCUT2D eigenvalue weighted by Gasteiger charge is 2.37. The highest BCUT2D eigenvalue weighted by molar-refractivity contribution is 6.04. The van der Waals surface area contributed by atoms with Crippen LogP contribution >= 0.6 is 0 Å². The smallest absolute Gasteiger partial charge is 0.248 e. The fraction of sp³-hybridized carbons (Fsp3) is 0.400. The number of carbonyl (C=O) groups excluding carboxylic acids is 3. The molecule has 3 aromatic rings. The number of ether oxygens (including phenoxy) is 2. The van der Waals surface area contributed by atoms with Gasteiger partial charge in [0.1, 0.15) is 11.8 Å².